The first-order valence-corrected chi connectivity index (χ1v) is 15.6. The predicted octanol–water partition coefficient (Wildman–Crippen LogP) is 6.37. The number of nitrogens with one attached hydrogen (secondary N) is 2. The van der Waals surface area contributed by atoms with Crippen LogP contribution in [0.3, 0.4) is 0 Å². The van der Waals surface area contributed by atoms with E-state index in [-0.39, 0.29) is 22.6 Å². The summed E-state index contributed by atoms with van der Waals surface area (Å²) in [6, 6.07) is 30.4. The van der Waals surface area contributed by atoms with Crippen LogP contribution in [0.5, 0.6) is 0 Å². The van der Waals surface area contributed by atoms with E-state index in [0.717, 1.165) is 22.9 Å². The van der Waals surface area contributed by atoms with Gasteiger partial charge < -0.3 is 15.4 Å². The molecule has 4 aromatic carbocycles. The topological polar surface area (TPSA) is 111 Å². The second-order valence-corrected chi connectivity index (χ2v) is 11.8. The lowest BCUT2D eigenvalue weighted by molar-refractivity contribution is -0.125. The van der Waals surface area contributed by atoms with Crippen LogP contribution in [0.1, 0.15) is 38.8 Å². The highest BCUT2D eigenvalue weighted by Crippen LogP contribution is 2.28. The van der Waals surface area contributed by atoms with Crippen molar-refractivity contribution >= 4 is 40.9 Å². The van der Waals surface area contributed by atoms with E-state index in [0.29, 0.717) is 27.5 Å². The minimum absolute atomic E-state index is 0.0707. The van der Waals surface area contributed by atoms with Crippen molar-refractivity contribution < 1.29 is 19.1 Å². The first-order valence-electron chi connectivity index (χ1n) is 14.6. The maximum Gasteiger partial charge on any atom is 0.340 e. The Hall–Kier alpha value is -5.35. The summed E-state index contributed by atoms with van der Waals surface area (Å²) in [5.41, 5.74) is 4.42. The van der Waals surface area contributed by atoms with Crippen LogP contribution < -0.4 is 16.2 Å². The van der Waals surface area contributed by atoms with Crippen molar-refractivity contribution in [2.75, 3.05) is 16.4 Å². The quantitative estimate of drug-likeness (QED) is 0.137. The van der Waals surface area contributed by atoms with Crippen LogP contribution in [-0.4, -0.2) is 32.9 Å². The summed E-state index contributed by atoms with van der Waals surface area (Å²) in [4.78, 5) is 53.8. The molecule has 0 aliphatic rings. The van der Waals surface area contributed by atoms with Crippen molar-refractivity contribution in [3.8, 4) is 5.69 Å². The summed E-state index contributed by atoms with van der Waals surface area (Å²) in [6.45, 7) is 5.63. The molecule has 9 nitrogen and oxygen atoms in total. The molecule has 5 aromatic rings. The fourth-order valence-corrected chi connectivity index (χ4v) is 5.96. The molecule has 0 aliphatic carbocycles. The Morgan fingerprint density at radius 1 is 0.804 bits per heavy atom. The molecule has 10 heteroatoms. The molecular weight excluding hydrogens is 600 g/mol. The lowest BCUT2D eigenvalue weighted by Gasteiger charge is -2.19. The average Bonchev–Trinajstić information content (AvgIpc) is 3.25. The Bertz CT molecular complexity index is 1930. The number of para-hydroxylation sites is 1. The molecule has 0 spiro atoms. The number of aryl methyl sites for hydroxylation is 2. The number of esters is 1. The number of carbonyl (C=O) groups excluding carboxylic acids is 3. The van der Waals surface area contributed by atoms with Gasteiger partial charge in [0.15, 0.2) is 0 Å². The van der Waals surface area contributed by atoms with Crippen molar-refractivity contribution in [2.24, 2.45) is 7.05 Å². The summed E-state index contributed by atoms with van der Waals surface area (Å²) in [6.07, 6.45) is -1.22. The van der Waals surface area contributed by atoms with Crippen molar-refractivity contribution in [1.82, 2.24) is 9.36 Å². The number of rotatable bonds is 10. The Morgan fingerprint density at radius 2 is 1.41 bits per heavy atom. The van der Waals surface area contributed by atoms with Gasteiger partial charge in [-0.25, -0.2) is 9.48 Å². The lowest BCUT2D eigenvalue weighted by atomic mass is 10.1. The van der Waals surface area contributed by atoms with E-state index in [2.05, 4.69) is 10.6 Å². The molecular formula is C36H34N4O5S. The fraction of sp³-hybridized carbons (Fsp3) is 0.167. The molecule has 0 aliphatic heterocycles. The van der Waals surface area contributed by atoms with Gasteiger partial charge in [-0.2, -0.15) is 0 Å². The number of thioether (sulfide) groups is 1. The zero-order chi connectivity index (χ0) is 32.8. The van der Waals surface area contributed by atoms with Crippen LogP contribution in [0.2, 0.25) is 0 Å². The number of anilines is 2. The minimum atomic E-state index is -1.22. The van der Waals surface area contributed by atoms with E-state index >= 15 is 0 Å². The summed E-state index contributed by atoms with van der Waals surface area (Å²) >= 11 is 1.13. The molecule has 0 saturated heterocycles. The molecule has 2 amide bonds. The summed E-state index contributed by atoms with van der Waals surface area (Å²) in [5, 5.41) is 5.62. The molecule has 1 heterocycles. The van der Waals surface area contributed by atoms with E-state index in [1.807, 2.05) is 68.4 Å². The monoisotopic (exact) mass is 634 g/mol. The van der Waals surface area contributed by atoms with Crippen LogP contribution in [0, 0.1) is 20.8 Å². The van der Waals surface area contributed by atoms with Gasteiger partial charge in [-0.15, -0.1) is 11.8 Å². The SMILES string of the molecule is Cc1cc(C)cc(NC(=O)[C@@H](OC(=O)c2ccccc2SCC(=O)Nc2c(C)n(C)n(-c3ccccc3)c2=O)c2ccccc2)c1. The predicted molar refractivity (Wildman–Crippen MR) is 181 cm³/mol. The number of aromatic nitrogens is 2. The van der Waals surface area contributed by atoms with Crippen LogP contribution in [0.25, 0.3) is 5.69 Å². The highest BCUT2D eigenvalue weighted by molar-refractivity contribution is 8.00. The van der Waals surface area contributed by atoms with E-state index in [1.165, 1.54) is 4.68 Å². The van der Waals surface area contributed by atoms with E-state index in [1.54, 1.807) is 67.2 Å². The van der Waals surface area contributed by atoms with Gasteiger partial charge in [0.2, 0.25) is 12.0 Å². The number of hydrogen-bond acceptors (Lipinski definition) is 6. The van der Waals surface area contributed by atoms with Gasteiger partial charge in [0.05, 0.1) is 22.7 Å². The van der Waals surface area contributed by atoms with Crippen LogP contribution >= 0.6 is 11.8 Å². The van der Waals surface area contributed by atoms with Crippen molar-refractivity contribution in [1.29, 1.82) is 0 Å². The molecule has 0 unspecified atom stereocenters. The van der Waals surface area contributed by atoms with Crippen LogP contribution in [-0.2, 0) is 21.4 Å². The van der Waals surface area contributed by atoms with Gasteiger partial charge >= 0.3 is 5.97 Å². The Labute approximate surface area is 271 Å². The number of carbonyl (C=O) groups is 3. The lowest BCUT2D eigenvalue weighted by Crippen LogP contribution is -2.26. The van der Waals surface area contributed by atoms with Crippen LogP contribution in [0.4, 0.5) is 11.4 Å². The smallest absolute Gasteiger partial charge is 0.340 e. The maximum atomic E-state index is 13.6. The van der Waals surface area contributed by atoms with Crippen LogP contribution in [0.15, 0.2) is 113 Å². The molecule has 234 valence electrons. The summed E-state index contributed by atoms with van der Waals surface area (Å²) < 4.78 is 9.01. The van der Waals surface area contributed by atoms with Gasteiger partial charge in [-0.1, -0.05) is 66.7 Å². The highest BCUT2D eigenvalue weighted by Gasteiger charge is 2.27. The molecule has 5 rings (SSSR count). The van der Waals surface area contributed by atoms with Crippen molar-refractivity contribution in [3.05, 3.63) is 141 Å². The third kappa shape index (κ3) is 7.30. The summed E-state index contributed by atoms with van der Waals surface area (Å²) in [7, 11) is 1.75. The number of benzene rings is 4. The Balaban J connectivity index is 1.31. The second-order valence-electron chi connectivity index (χ2n) is 10.8. The third-order valence-electron chi connectivity index (χ3n) is 7.34. The van der Waals surface area contributed by atoms with Crippen molar-refractivity contribution in [3.63, 3.8) is 0 Å². The average molecular weight is 635 g/mol. The molecule has 1 atom stereocenters. The number of hydrogen-bond donors (Lipinski definition) is 2. The zero-order valence-electron chi connectivity index (χ0n) is 25.9. The normalized spacial score (nSPS) is 11.5. The Kier molecular flexibility index (Phi) is 9.88. The number of amides is 2. The van der Waals surface area contributed by atoms with E-state index in [9.17, 15) is 19.2 Å². The molecule has 0 saturated carbocycles. The third-order valence-corrected chi connectivity index (χ3v) is 8.41. The van der Waals surface area contributed by atoms with Gasteiger partial charge in [0.25, 0.3) is 11.5 Å². The van der Waals surface area contributed by atoms with Gasteiger partial charge in [-0.3, -0.25) is 19.1 Å². The number of nitrogens with zero attached hydrogens (tertiary/aromatic N) is 2. The molecule has 0 bridgehead atoms. The second kappa shape index (κ2) is 14.2. The molecule has 0 fully saturated rings. The molecule has 46 heavy (non-hydrogen) atoms. The summed E-state index contributed by atoms with van der Waals surface area (Å²) in [5.74, 6) is -1.68. The van der Waals surface area contributed by atoms with Gasteiger partial charge in [-0.05, 0) is 68.3 Å². The first-order chi connectivity index (χ1) is 22.1. The standard InChI is InChI=1S/C36H34N4O5S/c1-23-19-24(2)21-27(20-23)37-34(42)33(26-13-7-5-8-14-26)45-36(44)29-17-11-12-18-30(29)46-22-31(41)38-32-25(3)39(4)40(35(32)43)28-15-9-6-10-16-28/h5-21,33H,22H2,1-4H3,(H,37,42)(H,38,41)/t33-/m0/s1. The minimum Gasteiger partial charge on any atom is -0.444 e. The maximum absolute atomic E-state index is 13.6. The van der Waals surface area contributed by atoms with Gasteiger partial charge in [0, 0.05) is 23.2 Å². The van der Waals surface area contributed by atoms with E-state index in [4.69, 9.17) is 4.74 Å². The molecule has 2 N–H and O–H groups in total. The first kappa shape index (κ1) is 32.1. The van der Waals surface area contributed by atoms with E-state index < -0.39 is 23.9 Å². The Morgan fingerprint density at radius 3 is 2.09 bits per heavy atom. The largest absolute Gasteiger partial charge is 0.444 e. The van der Waals surface area contributed by atoms with Gasteiger partial charge in [0.1, 0.15) is 5.69 Å². The molecule has 0 radical (unpaired) electrons. The highest BCUT2D eigenvalue weighted by atomic mass is 32.2. The molecule has 1 aromatic heterocycles. The fourth-order valence-electron chi connectivity index (χ4n) is 5.12. The number of ether oxygens (including phenoxy) is 1. The zero-order valence-corrected chi connectivity index (χ0v) is 26.8. The van der Waals surface area contributed by atoms with Crippen molar-refractivity contribution in [2.45, 2.75) is 31.8 Å².